The van der Waals surface area contributed by atoms with Crippen molar-refractivity contribution in [3.63, 3.8) is 0 Å². The summed E-state index contributed by atoms with van der Waals surface area (Å²) in [6.45, 7) is 7.68. The summed E-state index contributed by atoms with van der Waals surface area (Å²) in [4.78, 5) is 12.5. The number of halogens is 1. The summed E-state index contributed by atoms with van der Waals surface area (Å²) in [5.74, 6) is 0.725. The van der Waals surface area contributed by atoms with Crippen LogP contribution in [0.3, 0.4) is 0 Å². The molecule has 0 aliphatic carbocycles. The Morgan fingerprint density at radius 3 is 2.75 bits per heavy atom. The summed E-state index contributed by atoms with van der Waals surface area (Å²) in [6.07, 6.45) is 1.91. The summed E-state index contributed by atoms with van der Waals surface area (Å²) >= 11 is 3.48. The zero-order valence-corrected chi connectivity index (χ0v) is 17.9. The molecular formula is C22H24BrN3O2. The smallest absolute Gasteiger partial charge is 0.251 e. The number of carbonyl (C=O) groups excluding carboxylic acids is 1. The maximum atomic E-state index is 12.5. The first-order valence-corrected chi connectivity index (χ1v) is 10.0. The Bertz CT molecular complexity index is 982. The van der Waals surface area contributed by atoms with E-state index in [2.05, 4.69) is 39.3 Å². The molecule has 1 amide bonds. The Morgan fingerprint density at radius 1 is 1.21 bits per heavy atom. The van der Waals surface area contributed by atoms with E-state index in [4.69, 9.17) is 4.74 Å². The fourth-order valence-electron chi connectivity index (χ4n) is 2.91. The van der Waals surface area contributed by atoms with Gasteiger partial charge in [-0.25, -0.2) is 0 Å². The molecule has 6 heteroatoms. The number of rotatable bonds is 7. The van der Waals surface area contributed by atoms with E-state index in [0.29, 0.717) is 18.7 Å². The van der Waals surface area contributed by atoms with E-state index >= 15 is 0 Å². The lowest BCUT2D eigenvalue weighted by Crippen LogP contribution is -2.23. The van der Waals surface area contributed by atoms with Crippen molar-refractivity contribution in [2.75, 3.05) is 0 Å². The SMILES string of the molecule is CCn1cc(Br)c(CNC(=O)c2cccc(COc3ccc(C)cc3C)c2)n1. The highest BCUT2D eigenvalue weighted by Gasteiger charge is 2.10. The fourth-order valence-corrected chi connectivity index (χ4v) is 3.37. The van der Waals surface area contributed by atoms with Gasteiger partial charge in [-0.15, -0.1) is 0 Å². The molecule has 1 aromatic heterocycles. The number of nitrogens with one attached hydrogen (secondary N) is 1. The minimum atomic E-state index is -0.133. The third-order valence-electron chi connectivity index (χ3n) is 4.44. The number of hydrogen-bond donors (Lipinski definition) is 1. The van der Waals surface area contributed by atoms with Gasteiger partial charge in [0.1, 0.15) is 12.4 Å². The monoisotopic (exact) mass is 441 g/mol. The molecule has 5 nitrogen and oxygen atoms in total. The Balaban J connectivity index is 1.61. The lowest BCUT2D eigenvalue weighted by atomic mass is 10.1. The summed E-state index contributed by atoms with van der Waals surface area (Å²) in [5, 5.41) is 7.35. The van der Waals surface area contributed by atoms with Crippen LogP contribution in [0.25, 0.3) is 0 Å². The van der Waals surface area contributed by atoms with Gasteiger partial charge in [0, 0.05) is 18.3 Å². The zero-order valence-electron chi connectivity index (χ0n) is 16.3. The molecule has 0 saturated carbocycles. The quantitative estimate of drug-likeness (QED) is 0.573. The predicted molar refractivity (Wildman–Crippen MR) is 113 cm³/mol. The van der Waals surface area contributed by atoms with Crippen LogP contribution in [-0.2, 0) is 19.7 Å². The lowest BCUT2D eigenvalue weighted by molar-refractivity contribution is 0.0950. The third-order valence-corrected chi connectivity index (χ3v) is 5.10. The number of hydrogen-bond acceptors (Lipinski definition) is 3. The molecule has 1 heterocycles. The Hall–Kier alpha value is -2.60. The van der Waals surface area contributed by atoms with Crippen molar-refractivity contribution in [1.82, 2.24) is 15.1 Å². The lowest BCUT2D eigenvalue weighted by Gasteiger charge is -2.11. The van der Waals surface area contributed by atoms with Gasteiger partial charge in [0.05, 0.1) is 16.7 Å². The number of nitrogens with zero attached hydrogens (tertiary/aromatic N) is 2. The molecule has 0 bridgehead atoms. The van der Waals surface area contributed by atoms with E-state index in [9.17, 15) is 4.79 Å². The first-order chi connectivity index (χ1) is 13.5. The van der Waals surface area contributed by atoms with E-state index in [1.54, 1.807) is 6.07 Å². The number of benzene rings is 2. The van der Waals surface area contributed by atoms with Gasteiger partial charge in [0.25, 0.3) is 5.91 Å². The minimum Gasteiger partial charge on any atom is -0.489 e. The van der Waals surface area contributed by atoms with Crippen LogP contribution >= 0.6 is 15.9 Å². The van der Waals surface area contributed by atoms with Crippen LogP contribution in [0.4, 0.5) is 0 Å². The van der Waals surface area contributed by atoms with Gasteiger partial charge in [-0.3, -0.25) is 9.48 Å². The standard InChI is InChI=1S/C22H24BrN3O2/c1-4-26-13-19(23)20(25-26)12-24-22(27)18-7-5-6-17(11-18)14-28-21-9-8-15(2)10-16(21)3/h5-11,13H,4,12,14H2,1-3H3,(H,24,27). The van der Waals surface area contributed by atoms with Crippen LogP contribution in [0.5, 0.6) is 5.75 Å². The number of ether oxygens (including phenoxy) is 1. The molecule has 0 spiro atoms. The van der Waals surface area contributed by atoms with Crippen LogP contribution < -0.4 is 10.1 Å². The molecule has 0 aliphatic rings. The summed E-state index contributed by atoms with van der Waals surface area (Å²) in [7, 11) is 0. The fraction of sp³-hybridized carbons (Fsp3) is 0.273. The number of aryl methyl sites for hydroxylation is 3. The molecule has 3 rings (SSSR count). The van der Waals surface area contributed by atoms with Crippen LogP contribution in [-0.4, -0.2) is 15.7 Å². The maximum Gasteiger partial charge on any atom is 0.251 e. The second kappa shape index (κ2) is 9.06. The average molecular weight is 442 g/mol. The maximum absolute atomic E-state index is 12.5. The molecule has 3 aromatic rings. The molecule has 0 radical (unpaired) electrons. The number of aromatic nitrogens is 2. The van der Waals surface area contributed by atoms with E-state index < -0.39 is 0 Å². The van der Waals surface area contributed by atoms with Crippen LogP contribution in [0.2, 0.25) is 0 Å². The molecule has 146 valence electrons. The molecule has 0 atom stereocenters. The van der Waals surface area contributed by atoms with Crippen molar-refractivity contribution in [2.45, 2.75) is 40.5 Å². The largest absolute Gasteiger partial charge is 0.489 e. The minimum absolute atomic E-state index is 0.133. The highest BCUT2D eigenvalue weighted by atomic mass is 79.9. The topological polar surface area (TPSA) is 56.2 Å². The predicted octanol–water partition coefficient (Wildman–Crippen LogP) is 4.79. The molecule has 2 aromatic carbocycles. The van der Waals surface area contributed by atoms with Crippen molar-refractivity contribution >= 4 is 21.8 Å². The van der Waals surface area contributed by atoms with Crippen molar-refractivity contribution in [3.8, 4) is 5.75 Å². The molecule has 0 aliphatic heterocycles. The van der Waals surface area contributed by atoms with Gasteiger partial charge in [-0.1, -0.05) is 29.8 Å². The average Bonchev–Trinajstić information content (AvgIpc) is 3.05. The van der Waals surface area contributed by atoms with Crippen molar-refractivity contribution in [1.29, 1.82) is 0 Å². The van der Waals surface area contributed by atoms with Crippen LogP contribution in [0, 0.1) is 13.8 Å². The van der Waals surface area contributed by atoms with Crippen molar-refractivity contribution in [2.24, 2.45) is 0 Å². The van der Waals surface area contributed by atoms with Crippen molar-refractivity contribution < 1.29 is 9.53 Å². The van der Waals surface area contributed by atoms with E-state index in [0.717, 1.165) is 33.6 Å². The van der Waals surface area contributed by atoms with E-state index in [1.165, 1.54) is 5.56 Å². The number of carbonyl (C=O) groups is 1. The van der Waals surface area contributed by atoms with Gasteiger partial charge in [-0.05, 0) is 66.0 Å². The van der Waals surface area contributed by atoms with Crippen LogP contribution in [0.15, 0.2) is 53.1 Å². The molecule has 1 N–H and O–H groups in total. The normalized spacial score (nSPS) is 10.7. The second-order valence-corrected chi connectivity index (χ2v) is 7.57. The molecule has 28 heavy (non-hydrogen) atoms. The first kappa shape index (κ1) is 20.1. The third kappa shape index (κ3) is 5.01. The second-order valence-electron chi connectivity index (χ2n) is 6.72. The summed E-state index contributed by atoms with van der Waals surface area (Å²) in [6, 6.07) is 13.6. The van der Waals surface area contributed by atoms with Gasteiger partial charge in [0.2, 0.25) is 0 Å². The Morgan fingerprint density at radius 2 is 2.04 bits per heavy atom. The molecular weight excluding hydrogens is 418 g/mol. The van der Waals surface area contributed by atoms with E-state index in [1.807, 2.05) is 55.1 Å². The highest BCUT2D eigenvalue weighted by molar-refractivity contribution is 9.10. The summed E-state index contributed by atoms with van der Waals surface area (Å²) < 4.78 is 8.65. The van der Waals surface area contributed by atoms with Gasteiger partial charge in [-0.2, -0.15) is 5.10 Å². The summed E-state index contributed by atoms with van der Waals surface area (Å²) in [5.41, 5.74) is 4.67. The van der Waals surface area contributed by atoms with E-state index in [-0.39, 0.29) is 5.91 Å². The zero-order chi connectivity index (χ0) is 20.1. The van der Waals surface area contributed by atoms with Gasteiger partial charge in [0.15, 0.2) is 0 Å². The number of amides is 1. The molecule has 0 unspecified atom stereocenters. The Labute approximate surface area is 173 Å². The highest BCUT2D eigenvalue weighted by Crippen LogP contribution is 2.20. The van der Waals surface area contributed by atoms with Gasteiger partial charge >= 0.3 is 0 Å². The molecule has 0 fully saturated rings. The Kier molecular flexibility index (Phi) is 6.52. The first-order valence-electron chi connectivity index (χ1n) is 9.25. The van der Waals surface area contributed by atoms with Crippen molar-refractivity contribution in [3.05, 3.63) is 81.1 Å². The van der Waals surface area contributed by atoms with Crippen LogP contribution in [0.1, 0.15) is 39.7 Å². The van der Waals surface area contributed by atoms with Gasteiger partial charge < -0.3 is 10.1 Å². The molecule has 0 saturated heterocycles.